The Morgan fingerprint density at radius 1 is 1.07 bits per heavy atom. The predicted molar refractivity (Wildman–Crippen MR) is 44.3 cm³/mol. The van der Waals surface area contributed by atoms with Gasteiger partial charge in [-0.05, 0) is 6.07 Å². The molecule has 0 saturated heterocycles. The minimum Gasteiger partial charge on any atom is -0.345 e. The first-order chi connectivity index (χ1) is 6.86. The van der Waals surface area contributed by atoms with Gasteiger partial charge in [0.1, 0.15) is 0 Å². The maximum Gasteiger partial charge on any atom is 0.256 e. The van der Waals surface area contributed by atoms with Crippen molar-refractivity contribution >= 4 is 5.91 Å². The third-order valence-electron chi connectivity index (χ3n) is 1.74. The van der Waals surface area contributed by atoms with Crippen LogP contribution in [-0.2, 0) is 0 Å². The van der Waals surface area contributed by atoms with Gasteiger partial charge in [0.2, 0.25) is 0 Å². The zero-order valence-electron chi connectivity index (χ0n) is 7.94. The molecule has 1 amide bonds. The number of hydrogen-bond donors (Lipinski definition) is 0. The molecule has 1 aromatic rings. The summed E-state index contributed by atoms with van der Waals surface area (Å²) in [5.74, 6) is -8.14. The summed E-state index contributed by atoms with van der Waals surface area (Å²) in [6.45, 7) is 0. The highest BCUT2D eigenvalue weighted by molar-refractivity contribution is 5.94. The molecule has 0 fully saturated rings. The molecule has 0 bridgehead atoms. The Labute approximate surface area is 83.1 Å². The summed E-state index contributed by atoms with van der Waals surface area (Å²) in [5.41, 5.74) is -0.837. The van der Waals surface area contributed by atoms with Crippen molar-refractivity contribution in [3.05, 3.63) is 34.9 Å². The molecule has 0 N–H and O–H groups in total. The van der Waals surface area contributed by atoms with E-state index in [9.17, 15) is 22.4 Å². The molecule has 0 unspecified atom stereocenters. The van der Waals surface area contributed by atoms with Crippen LogP contribution in [0.15, 0.2) is 6.07 Å². The molecular weight excluding hydrogens is 214 g/mol. The third kappa shape index (κ3) is 1.93. The fourth-order valence-corrected chi connectivity index (χ4v) is 0.969. The highest BCUT2D eigenvalue weighted by Crippen LogP contribution is 2.19. The van der Waals surface area contributed by atoms with E-state index in [-0.39, 0.29) is 0 Å². The fourth-order valence-electron chi connectivity index (χ4n) is 0.969. The van der Waals surface area contributed by atoms with E-state index in [0.29, 0.717) is 6.07 Å². The summed E-state index contributed by atoms with van der Waals surface area (Å²) in [4.78, 5) is 12.1. The van der Waals surface area contributed by atoms with Crippen LogP contribution in [0.3, 0.4) is 0 Å². The maximum absolute atomic E-state index is 13.0. The second-order valence-corrected chi connectivity index (χ2v) is 3.05. The second-order valence-electron chi connectivity index (χ2n) is 3.05. The molecule has 0 heterocycles. The molecule has 1 aromatic carbocycles. The highest BCUT2D eigenvalue weighted by atomic mass is 19.2. The normalized spacial score (nSPS) is 10.3. The van der Waals surface area contributed by atoms with Gasteiger partial charge in [0.05, 0.1) is 5.56 Å². The molecule has 0 aliphatic rings. The lowest BCUT2D eigenvalue weighted by Crippen LogP contribution is -2.23. The topological polar surface area (TPSA) is 20.3 Å². The Kier molecular flexibility index (Phi) is 2.97. The van der Waals surface area contributed by atoms with Gasteiger partial charge in [-0.15, -0.1) is 0 Å². The van der Waals surface area contributed by atoms with Crippen molar-refractivity contribution in [2.24, 2.45) is 0 Å². The number of amides is 1. The number of nitrogens with zero attached hydrogens (tertiary/aromatic N) is 1. The monoisotopic (exact) mass is 221 g/mol. The molecule has 0 aliphatic carbocycles. The van der Waals surface area contributed by atoms with Crippen LogP contribution in [0, 0.1) is 23.3 Å². The van der Waals surface area contributed by atoms with Crippen molar-refractivity contribution in [2.45, 2.75) is 0 Å². The van der Waals surface area contributed by atoms with Crippen molar-refractivity contribution in [1.29, 1.82) is 0 Å². The number of halogens is 4. The molecule has 0 radical (unpaired) electrons. The van der Waals surface area contributed by atoms with Crippen LogP contribution in [0.1, 0.15) is 10.4 Å². The predicted octanol–water partition coefficient (Wildman–Crippen LogP) is 1.94. The molecular formula is C9H7F4NO. The largest absolute Gasteiger partial charge is 0.345 e. The fraction of sp³-hybridized carbons (Fsp3) is 0.222. The number of rotatable bonds is 1. The Morgan fingerprint density at radius 2 is 1.60 bits per heavy atom. The molecule has 0 aromatic heterocycles. The Bertz CT molecular complexity index is 417. The van der Waals surface area contributed by atoms with Crippen LogP contribution >= 0.6 is 0 Å². The smallest absolute Gasteiger partial charge is 0.256 e. The molecule has 15 heavy (non-hydrogen) atoms. The number of benzene rings is 1. The molecule has 82 valence electrons. The Balaban J connectivity index is 3.39. The average Bonchev–Trinajstić information content (AvgIpc) is 2.19. The maximum atomic E-state index is 13.0. The highest BCUT2D eigenvalue weighted by Gasteiger charge is 2.23. The van der Waals surface area contributed by atoms with Gasteiger partial charge in [0, 0.05) is 14.1 Å². The van der Waals surface area contributed by atoms with Gasteiger partial charge in [0.25, 0.3) is 5.91 Å². The lowest BCUT2D eigenvalue weighted by molar-refractivity contribution is 0.0821. The standard InChI is InChI=1S/C9H7F4NO/c1-14(2)9(15)4-3-5(10)7(12)8(13)6(4)11/h3H,1-2H3. The van der Waals surface area contributed by atoms with E-state index in [2.05, 4.69) is 0 Å². The van der Waals surface area contributed by atoms with E-state index >= 15 is 0 Å². The van der Waals surface area contributed by atoms with Crippen molar-refractivity contribution < 1.29 is 22.4 Å². The first-order valence-electron chi connectivity index (χ1n) is 3.91. The second kappa shape index (κ2) is 3.88. The van der Waals surface area contributed by atoms with Crippen molar-refractivity contribution in [3.63, 3.8) is 0 Å². The quantitative estimate of drug-likeness (QED) is 0.403. The van der Waals surface area contributed by atoms with Crippen molar-refractivity contribution in [3.8, 4) is 0 Å². The van der Waals surface area contributed by atoms with Gasteiger partial charge in [-0.3, -0.25) is 4.79 Å². The van der Waals surface area contributed by atoms with E-state index in [4.69, 9.17) is 0 Å². The SMILES string of the molecule is CN(C)C(=O)c1cc(F)c(F)c(F)c1F. The summed E-state index contributed by atoms with van der Waals surface area (Å²) in [6.07, 6.45) is 0. The van der Waals surface area contributed by atoms with E-state index in [1.54, 1.807) is 0 Å². The first kappa shape index (κ1) is 11.5. The van der Waals surface area contributed by atoms with Gasteiger partial charge in [-0.2, -0.15) is 0 Å². The van der Waals surface area contributed by atoms with Crippen molar-refractivity contribution in [2.75, 3.05) is 14.1 Å². The lowest BCUT2D eigenvalue weighted by Gasteiger charge is -2.11. The zero-order valence-corrected chi connectivity index (χ0v) is 7.94. The van der Waals surface area contributed by atoms with Crippen LogP contribution < -0.4 is 0 Å². The van der Waals surface area contributed by atoms with Gasteiger partial charge in [-0.25, -0.2) is 17.6 Å². The number of carbonyl (C=O) groups excluding carboxylic acids is 1. The number of carbonyl (C=O) groups is 1. The van der Waals surface area contributed by atoms with Crippen LogP contribution in [0.5, 0.6) is 0 Å². The number of hydrogen-bond acceptors (Lipinski definition) is 1. The van der Waals surface area contributed by atoms with E-state index < -0.39 is 34.7 Å². The van der Waals surface area contributed by atoms with Crippen LogP contribution in [-0.4, -0.2) is 24.9 Å². The Morgan fingerprint density at radius 3 is 2.07 bits per heavy atom. The molecule has 1 rings (SSSR count). The lowest BCUT2D eigenvalue weighted by atomic mass is 10.1. The summed E-state index contributed by atoms with van der Waals surface area (Å²) >= 11 is 0. The summed E-state index contributed by atoms with van der Waals surface area (Å²) in [7, 11) is 2.56. The first-order valence-corrected chi connectivity index (χ1v) is 3.91. The van der Waals surface area contributed by atoms with Gasteiger partial charge in [-0.1, -0.05) is 0 Å². The van der Waals surface area contributed by atoms with Crippen LogP contribution in [0.4, 0.5) is 17.6 Å². The molecule has 0 spiro atoms. The van der Waals surface area contributed by atoms with Crippen molar-refractivity contribution in [1.82, 2.24) is 4.90 Å². The van der Waals surface area contributed by atoms with Crippen LogP contribution in [0.2, 0.25) is 0 Å². The Hall–Kier alpha value is -1.59. The molecule has 2 nitrogen and oxygen atoms in total. The summed E-state index contributed by atoms with van der Waals surface area (Å²) < 4.78 is 51.0. The van der Waals surface area contributed by atoms with E-state index in [1.807, 2.05) is 0 Å². The third-order valence-corrected chi connectivity index (χ3v) is 1.74. The minimum absolute atomic E-state index is 0.329. The van der Waals surface area contributed by atoms with Gasteiger partial charge < -0.3 is 4.90 Å². The minimum atomic E-state index is -1.99. The van der Waals surface area contributed by atoms with E-state index in [0.717, 1.165) is 4.90 Å². The molecule has 6 heteroatoms. The molecule has 0 saturated carbocycles. The molecule has 0 aliphatic heterocycles. The van der Waals surface area contributed by atoms with Gasteiger partial charge >= 0.3 is 0 Å². The van der Waals surface area contributed by atoms with Gasteiger partial charge in [0.15, 0.2) is 23.3 Å². The van der Waals surface area contributed by atoms with E-state index in [1.165, 1.54) is 14.1 Å². The van der Waals surface area contributed by atoms with Crippen LogP contribution in [0.25, 0.3) is 0 Å². The summed E-state index contributed by atoms with van der Waals surface area (Å²) in [5, 5.41) is 0. The molecule has 0 atom stereocenters. The average molecular weight is 221 g/mol. The zero-order chi connectivity index (χ0) is 11.7. The summed E-state index contributed by atoms with van der Waals surface area (Å²) in [6, 6.07) is 0.329.